The normalized spacial score (nSPS) is 12.0. The highest BCUT2D eigenvalue weighted by Gasteiger charge is 2.21. The molecule has 1 unspecified atom stereocenters. The van der Waals surface area contributed by atoms with Crippen LogP contribution in [-0.2, 0) is 9.53 Å². The highest BCUT2D eigenvalue weighted by atomic mass is 19.1. The molecule has 0 aliphatic carbocycles. The van der Waals surface area contributed by atoms with Gasteiger partial charge in [0.25, 0.3) is 0 Å². The summed E-state index contributed by atoms with van der Waals surface area (Å²) in [5, 5.41) is 3.09. The third kappa shape index (κ3) is 4.52. The predicted molar refractivity (Wildman–Crippen MR) is 73.8 cm³/mol. The highest BCUT2D eigenvalue weighted by molar-refractivity contribution is 5.76. The number of rotatable bonds is 7. The predicted octanol–water partition coefficient (Wildman–Crippen LogP) is 1.80. The fourth-order valence-corrected chi connectivity index (χ4v) is 1.90. The number of nitrogens with one attached hydrogen (secondary N) is 1. The van der Waals surface area contributed by atoms with Gasteiger partial charge < -0.3 is 15.0 Å². The number of benzene rings is 1. The molecule has 0 amide bonds. The van der Waals surface area contributed by atoms with Crippen molar-refractivity contribution < 1.29 is 13.9 Å². The van der Waals surface area contributed by atoms with E-state index in [1.54, 1.807) is 12.1 Å². The minimum Gasteiger partial charge on any atom is -0.468 e. The summed E-state index contributed by atoms with van der Waals surface area (Å²) in [4.78, 5) is 13.7. The molecular formula is C14H21FN2O2. The van der Waals surface area contributed by atoms with E-state index in [1.165, 1.54) is 19.2 Å². The standard InChI is InChI=1S/C14H21FN2O2/c1-4-16-13(14(18)19-3)10-17(5-2)12-8-6-11(15)7-9-12/h6-9,13,16H,4-5,10H2,1-3H3. The van der Waals surface area contributed by atoms with Crippen LogP contribution in [-0.4, -0.2) is 38.8 Å². The van der Waals surface area contributed by atoms with Crippen LogP contribution in [0.3, 0.4) is 0 Å². The zero-order chi connectivity index (χ0) is 14.3. The lowest BCUT2D eigenvalue weighted by Gasteiger charge is -2.27. The van der Waals surface area contributed by atoms with Gasteiger partial charge in [0.2, 0.25) is 0 Å². The van der Waals surface area contributed by atoms with Gasteiger partial charge in [0.15, 0.2) is 0 Å². The molecule has 0 heterocycles. The lowest BCUT2D eigenvalue weighted by molar-refractivity contribution is -0.142. The number of ether oxygens (including phenoxy) is 1. The van der Waals surface area contributed by atoms with Crippen molar-refractivity contribution >= 4 is 11.7 Å². The van der Waals surface area contributed by atoms with Gasteiger partial charge in [-0.25, -0.2) is 4.39 Å². The fourth-order valence-electron chi connectivity index (χ4n) is 1.90. The third-order valence-electron chi connectivity index (χ3n) is 2.91. The summed E-state index contributed by atoms with van der Waals surface area (Å²) in [7, 11) is 1.38. The van der Waals surface area contributed by atoms with Crippen molar-refractivity contribution in [2.24, 2.45) is 0 Å². The second-order valence-corrected chi connectivity index (χ2v) is 4.15. The molecule has 1 aromatic carbocycles. The molecular weight excluding hydrogens is 247 g/mol. The number of nitrogens with zero attached hydrogens (tertiary/aromatic N) is 1. The van der Waals surface area contributed by atoms with Crippen LogP contribution in [0.4, 0.5) is 10.1 Å². The lowest BCUT2D eigenvalue weighted by atomic mass is 10.2. The average Bonchev–Trinajstić information content (AvgIpc) is 2.43. The van der Waals surface area contributed by atoms with Crippen molar-refractivity contribution in [3.8, 4) is 0 Å². The van der Waals surface area contributed by atoms with Crippen LogP contribution < -0.4 is 10.2 Å². The van der Waals surface area contributed by atoms with E-state index in [2.05, 4.69) is 5.32 Å². The van der Waals surface area contributed by atoms with Crippen LogP contribution in [0.2, 0.25) is 0 Å². The van der Waals surface area contributed by atoms with Crippen molar-refractivity contribution in [3.63, 3.8) is 0 Å². The van der Waals surface area contributed by atoms with Crippen LogP contribution in [0.15, 0.2) is 24.3 Å². The van der Waals surface area contributed by atoms with Gasteiger partial charge in [-0.15, -0.1) is 0 Å². The molecule has 0 radical (unpaired) electrons. The number of likely N-dealkylation sites (N-methyl/N-ethyl adjacent to an activating group) is 2. The topological polar surface area (TPSA) is 41.6 Å². The maximum Gasteiger partial charge on any atom is 0.324 e. The molecule has 19 heavy (non-hydrogen) atoms. The van der Waals surface area contributed by atoms with E-state index in [0.717, 1.165) is 12.2 Å². The largest absolute Gasteiger partial charge is 0.468 e. The maximum atomic E-state index is 12.9. The Labute approximate surface area is 113 Å². The molecule has 0 fully saturated rings. The number of carbonyl (C=O) groups excluding carboxylic acids is 1. The van der Waals surface area contributed by atoms with Crippen LogP contribution >= 0.6 is 0 Å². The summed E-state index contributed by atoms with van der Waals surface area (Å²) < 4.78 is 17.7. The van der Waals surface area contributed by atoms with Gasteiger partial charge in [-0.3, -0.25) is 4.79 Å². The minimum absolute atomic E-state index is 0.268. The Bertz CT molecular complexity index is 395. The van der Waals surface area contributed by atoms with Crippen LogP contribution in [0.5, 0.6) is 0 Å². The highest BCUT2D eigenvalue weighted by Crippen LogP contribution is 2.15. The minimum atomic E-state index is -0.389. The smallest absolute Gasteiger partial charge is 0.324 e. The zero-order valence-corrected chi connectivity index (χ0v) is 11.6. The Morgan fingerprint density at radius 2 is 2.00 bits per heavy atom. The molecule has 0 aliphatic heterocycles. The van der Waals surface area contributed by atoms with E-state index >= 15 is 0 Å². The average molecular weight is 268 g/mol. The number of hydrogen-bond donors (Lipinski definition) is 1. The molecule has 0 spiro atoms. The molecule has 1 aromatic rings. The third-order valence-corrected chi connectivity index (χ3v) is 2.91. The zero-order valence-electron chi connectivity index (χ0n) is 11.6. The maximum absolute atomic E-state index is 12.9. The van der Waals surface area contributed by atoms with Crippen molar-refractivity contribution in [1.29, 1.82) is 0 Å². The van der Waals surface area contributed by atoms with E-state index < -0.39 is 0 Å². The summed E-state index contributed by atoms with van der Waals surface area (Å²) in [6.45, 7) is 5.82. The Morgan fingerprint density at radius 1 is 1.37 bits per heavy atom. The Kier molecular flexibility index (Phi) is 6.29. The molecule has 1 rings (SSSR count). The first-order valence-electron chi connectivity index (χ1n) is 6.44. The summed E-state index contributed by atoms with van der Waals surface area (Å²) in [6, 6.07) is 5.86. The molecule has 0 bridgehead atoms. The van der Waals surface area contributed by atoms with E-state index in [9.17, 15) is 9.18 Å². The van der Waals surface area contributed by atoms with Gasteiger partial charge >= 0.3 is 5.97 Å². The Morgan fingerprint density at radius 3 is 2.47 bits per heavy atom. The quantitative estimate of drug-likeness (QED) is 0.766. The molecule has 4 nitrogen and oxygen atoms in total. The second-order valence-electron chi connectivity index (χ2n) is 4.15. The van der Waals surface area contributed by atoms with E-state index in [-0.39, 0.29) is 17.8 Å². The fraction of sp³-hybridized carbons (Fsp3) is 0.500. The van der Waals surface area contributed by atoms with Crippen molar-refractivity contribution in [2.45, 2.75) is 19.9 Å². The number of hydrogen-bond acceptors (Lipinski definition) is 4. The SMILES string of the molecule is CCNC(CN(CC)c1ccc(F)cc1)C(=O)OC. The van der Waals surface area contributed by atoms with Gasteiger partial charge in [-0.2, -0.15) is 0 Å². The van der Waals surface area contributed by atoms with E-state index in [0.29, 0.717) is 13.1 Å². The Hall–Kier alpha value is -1.62. The van der Waals surface area contributed by atoms with Crippen LogP contribution in [0, 0.1) is 5.82 Å². The summed E-state index contributed by atoms with van der Waals surface area (Å²) in [5.74, 6) is -0.557. The second kappa shape index (κ2) is 7.74. The summed E-state index contributed by atoms with van der Waals surface area (Å²) >= 11 is 0. The lowest BCUT2D eigenvalue weighted by Crippen LogP contribution is -2.46. The number of methoxy groups -OCH3 is 1. The molecule has 0 saturated heterocycles. The molecule has 0 saturated carbocycles. The monoisotopic (exact) mass is 268 g/mol. The number of carbonyl (C=O) groups is 1. The molecule has 5 heteroatoms. The number of esters is 1. The van der Waals surface area contributed by atoms with E-state index in [1.807, 2.05) is 18.7 Å². The van der Waals surface area contributed by atoms with Crippen molar-refractivity contribution in [3.05, 3.63) is 30.1 Å². The number of anilines is 1. The van der Waals surface area contributed by atoms with Gasteiger partial charge in [-0.05, 0) is 37.7 Å². The Balaban J connectivity index is 2.78. The summed E-state index contributed by atoms with van der Waals surface area (Å²) in [6.07, 6.45) is 0. The van der Waals surface area contributed by atoms with Gasteiger partial charge in [-0.1, -0.05) is 6.92 Å². The van der Waals surface area contributed by atoms with Crippen LogP contribution in [0.25, 0.3) is 0 Å². The number of halogens is 1. The molecule has 106 valence electrons. The van der Waals surface area contributed by atoms with Gasteiger partial charge in [0.05, 0.1) is 7.11 Å². The van der Waals surface area contributed by atoms with Gasteiger partial charge in [0, 0.05) is 18.8 Å². The molecule has 1 atom stereocenters. The van der Waals surface area contributed by atoms with Crippen molar-refractivity contribution in [1.82, 2.24) is 5.32 Å². The molecule has 0 aliphatic rings. The first kappa shape index (κ1) is 15.4. The van der Waals surface area contributed by atoms with E-state index in [4.69, 9.17) is 4.74 Å². The van der Waals surface area contributed by atoms with Crippen LogP contribution in [0.1, 0.15) is 13.8 Å². The van der Waals surface area contributed by atoms with Gasteiger partial charge in [0.1, 0.15) is 11.9 Å². The molecule has 1 N–H and O–H groups in total. The first-order chi connectivity index (χ1) is 9.12. The summed E-state index contributed by atoms with van der Waals surface area (Å²) in [5.41, 5.74) is 0.885. The molecule has 0 aromatic heterocycles. The van der Waals surface area contributed by atoms with Crippen molar-refractivity contribution in [2.75, 3.05) is 31.6 Å². The first-order valence-corrected chi connectivity index (χ1v) is 6.44.